The molecule has 1 N–H and O–H groups in total. The molecule has 1 aromatic carbocycles. The van der Waals surface area contributed by atoms with Crippen LogP contribution < -0.4 is 5.32 Å². The molecule has 0 saturated carbocycles. The van der Waals surface area contributed by atoms with E-state index in [1.807, 2.05) is 26.0 Å². The van der Waals surface area contributed by atoms with Crippen molar-refractivity contribution in [3.05, 3.63) is 39.5 Å². The number of fused-ring (bicyclic) bond motifs is 1. The lowest BCUT2D eigenvalue weighted by atomic mass is 10.1. The highest BCUT2D eigenvalue weighted by Crippen LogP contribution is 2.26. The van der Waals surface area contributed by atoms with Crippen LogP contribution in [0.3, 0.4) is 0 Å². The van der Waals surface area contributed by atoms with Gasteiger partial charge in [-0.3, -0.25) is 9.59 Å². The Balaban J connectivity index is 1.78. The van der Waals surface area contributed by atoms with Gasteiger partial charge in [0.2, 0.25) is 5.91 Å². The SMILES string of the molecule is Cc1cc(C)c2onc(CC(=O)Nc3nc(C)c(C(=O)N(C)C)s3)c2c1. The number of carbonyl (C=O) groups is 2. The maximum absolute atomic E-state index is 12.4. The summed E-state index contributed by atoms with van der Waals surface area (Å²) in [6.45, 7) is 5.69. The molecule has 136 valence electrons. The molecule has 0 spiro atoms. The number of nitrogens with zero attached hydrogens (tertiary/aromatic N) is 3. The molecule has 3 rings (SSSR count). The number of rotatable bonds is 4. The van der Waals surface area contributed by atoms with Crippen molar-refractivity contribution in [3.63, 3.8) is 0 Å². The molecule has 0 radical (unpaired) electrons. The number of amides is 2. The molecule has 2 amide bonds. The van der Waals surface area contributed by atoms with Crippen molar-refractivity contribution in [1.82, 2.24) is 15.0 Å². The standard InChI is InChI=1S/C18H20N4O3S/c1-9-6-10(2)15-12(7-9)13(21-25-15)8-14(23)20-18-19-11(3)16(26-18)17(24)22(4)5/h6-7H,8H2,1-5H3,(H,19,20,23). The van der Waals surface area contributed by atoms with Gasteiger partial charge in [0.15, 0.2) is 10.7 Å². The van der Waals surface area contributed by atoms with Gasteiger partial charge in [-0.05, 0) is 38.0 Å². The Bertz CT molecular complexity index is 1000. The van der Waals surface area contributed by atoms with E-state index in [1.165, 1.54) is 16.2 Å². The van der Waals surface area contributed by atoms with Gasteiger partial charge >= 0.3 is 0 Å². The van der Waals surface area contributed by atoms with Crippen molar-refractivity contribution in [2.45, 2.75) is 27.2 Å². The van der Waals surface area contributed by atoms with Gasteiger partial charge in [0, 0.05) is 19.5 Å². The van der Waals surface area contributed by atoms with Crippen LogP contribution in [-0.2, 0) is 11.2 Å². The number of nitrogens with one attached hydrogen (secondary N) is 1. The van der Waals surface area contributed by atoms with Crippen molar-refractivity contribution in [2.24, 2.45) is 0 Å². The number of hydrogen-bond donors (Lipinski definition) is 1. The second-order valence-electron chi connectivity index (χ2n) is 6.45. The number of carbonyl (C=O) groups excluding carboxylic acids is 2. The van der Waals surface area contributed by atoms with Crippen LogP contribution in [0.25, 0.3) is 11.0 Å². The Hall–Kier alpha value is -2.74. The van der Waals surface area contributed by atoms with Crippen molar-refractivity contribution in [2.75, 3.05) is 19.4 Å². The number of anilines is 1. The smallest absolute Gasteiger partial charge is 0.265 e. The molecule has 0 aliphatic heterocycles. The van der Waals surface area contributed by atoms with Crippen LogP contribution in [-0.4, -0.2) is 41.0 Å². The first kappa shape index (κ1) is 18.1. The van der Waals surface area contributed by atoms with E-state index in [1.54, 1.807) is 21.0 Å². The molecular formula is C18H20N4O3S. The third-order valence-electron chi connectivity index (χ3n) is 3.95. The first-order valence-corrected chi connectivity index (χ1v) is 8.92. The zero-order chi connectivity index (χ0) is 19.0. The second-order valence-corrected chi connectivity index (χ2v) is 7.44. The molecule has 0 fully saturated rings. The van der Waals surface area contributed by atoms with Crippen LogP contribution in [0.5, 0.6) is 0 Å². The minimum Gasteiger partial charge on any atom is -0.356 e. The van der Waals surface area contributed by atoms with Gasteiger partial charge in [0.05, 0.1) is 12.1 Å². The summed E-state index contributed by atoms with van der Waals surface area (Å²) >= 11 is 1.17. The van der Waals surface area contributed by atoms with Crippen LogP contribution in [0.4, 0.5) is 5.13 Å². The normalized spacial score (nSPS) is 11.0. The summed E-state index contributed by atoms with van der Waals surface area (Å²) in [4.78, 5) is 30.8. The summed E-state index contributed by atoms with van der Waals surface area (Å²) in [5, 5.41) is 8.03. The monoisotopic (exact) mass is 372 g/mol. The quantitative estimate of drug-likeness (QED) is 0.760. The van der Waals surface area contributed by atoms with Crippen LogP contribution in [0.15, 0.2) is 16.7 Å². The van der Waals surface area contributed by atoms with Crippen molar-refractivity contribution in [3.8, 4) is 0 Å². The minimum atomic E-state index is -0.253. The van der Waals surface area contributed by atoms with E-state index < -0.39 is 0 Å². The number of benzene rings is 1. The fourth-order valence-electron chi connectivity index (χ4n) is 2.73. The largest absolute Gasteiger partial charge is 0.356 e. The first-order valence-electron chi connectivity index (χ1n) is 8.10. The van der Waals surface area contributed by atoms with Gasteiger partial charge in [-0.2, -0.15) is 0 Å². The van der Waals surface area contributed by atoms with E-state index in [9.17, 15) is 9.59 Å². The Labute approximate surface area is 155 Å². The van der Waals surface area contributed by atoms with E-state index in [0.717, 1.165) is 16.5 Å². The Kier molecular flexibility index (Phi) is 4.78. The van der Waals surface area contributed by atoms with Crippen molar-refractivity contribution in [1.29, 1.82) is 0 Å². The zero-order valence-electron chi connectivity index (χ0n) is 15.3. The summed E-state index contributed by atoms with van der Waals surface area (Å²) in [6, 6.07) is 3.97. The number of aromatic nitrogens is 2. The fraction of sp³-hybridized carbons (Fsp3) is 0.333. The maximum atomic E-state index is 12.4. The lowest BCUT2D eigenvalue weighted by molar-refractivity contribution is -0.115. The van der Waals surface area contributed by atoms with E-state index in [-0.39, 0.29) is 18.2 Å². The lowest BCUT2D eigenvalue weighted by Crippen LogP contribution is -2.21. The van der Waals surface area contributed by atoms with Crippen LogP contribution in [0.2, 0.25) is 0 Å². The van der Waals surface area contributed by atoms with Crippen LogP contribution in [0.1, 0.15) is 32.2 Å². The Morgan fingerprint density at radius 1 is 1.23 bits per heavy atom. The summed E-state index contributed by atoms with van der Waals surface area (Å²) in [7, 11) is 3.36. The molecule has 0 aliphatic carbocycles. The molecular weight excluding hydrogens is 352 g/mol. The summed E-state index contributed by atoms with van der Waals surface area (Å²) in [6.07, 6.45) is 0.0749. The van der Waals surface area contributed by atoms with Crippen molar-refractivity contribution >= 4 is 39.3 Å². The molecule has 0 aliphatic rings. The molecule has 2 heterocycles. The van der Waals surface area contributed by atoms with Gasteiger partial charge in [-0.1, -0.05) is 22.6 Å². The number of aryl methyl sites for hydroxylation is 3. The van der Waals surface area contributed by atoms with Gasteiger partial charge < -0.3 is 14.7 Å². The first-order chi connectivity index (χ1) is 12.3. The predicted octanol–water partition coefficient (Wildman–Crippen LogP) is 3.09. The number of hydrogen-bond acceptors (Lipinski definition) is 6. The zero-order valence-corrected chi connectivity index (χ0v) is 16.2. The molecule has 2 aromatic heterocycles. The fourth-order valence-corrected chi connectivity index (χ4v) is 3.74. The van der Waals surface area contributed by atoms with Gasteiger partial charge in [0.25, 0.3) is 5.91 Å². The van der Waals surface area contributed by atoms with E-state index in [4.69, 9.17) is 4.52 Å². The molecule has 0 bridgehead atoms. The number of thiazole rings is 1. The van der Waals surface area contributed by atoms with Crippen LogP contribution >= 0.6 is 11.3 Å². The lowest BCUT2D eigenvalue weighted by Gasteiger charge is -2.07. The van der Waals surface area contributed by atoms with E-state index >= 15 is 0 Å². The van der Waals surface area contributed by atoms with Gasteiger partial charge in [0.1, 0.15) is 10.6 Å². The highest BCUT2D eigenvalue weighted by atomic mass is 32.1. The Morgan fingerprint density at radius 2 is 1.96 bits per heavy atom. The summed E-state index contributed by atoms with van der Waals surface area (Å²) < 4.78 is 5.37. The minimum absolute atomic E-state index is 0.0749. The third kappa shape index (κ3) is 3.45. The molecule has 3 aromatic rings. The van der Waals surface area contributed by atoms with E-state index in [0.29, 0.717) is 27.0 Å². The molecule has 0 saturated heterocycles. The highest BCUT2D eigenvalue weighted by molar-refractivity contribution is 7.17. The highest BCUT2D eigenvalue weighted by Gasteiger charge is 2.19. The molecule has 0 atom stereocenters. The second kappa shape index (κ2) is 6.87. The summed E-state index contributed by atoms with van der Waals surface area (Å²) in [5.74, 6) is -0.383. The molecule has 7 nitrogen and oxygen atoms in total. The molecule has 26 heavy (non-hydrogen) atoms. The molecule has 8 heteroatoms. The average molecular weight is 372 g/mol. The molecule has 0 unspecified atom stereocenters. The average Bonchev–Trinajstić information content (AvgIpc) is 3.10. The van der Waals surface area contributed by atoms with Gasteiger partial charge in [-0.25, -0.2) is 4.98 Å². The third-order valence-corrected chi connectivity index (χ3v) is 5.01. The predicted molar refractivity (Wildman–Crippen MR) is 101 cm³/mol. The van der Waals surface area contributed by atoms with Gasteiger partial charge in [-0.15, -0.1) is 0 Å². The Morgan fingerprint density at radius 3 is 2.65 bits per heavy atom. The summed E-state index contributed by atoms with van der Waals surface area (Å²) in [5.41, 5.74) is 3.95. The van der Waals surface area contributed by atoms with Crippen LogP contribution in [0, 0.1) is 20.8 Å². The van der Waals surface area contributed by atoms with Crippen molar-refractivity contribution < 1.29 is 14.1 Å². The maximum Gasteiger partial charge on any atom is 0.265 e. The topological polar surface area (TPSA) is 88.3 Å². The van der Waals surface area contributed by atoms with E-state index in [2.05, 4.69) is 15.5 Å².